The summed E-state index contributed by atoms with van der Waals surface area (Å²) in [5.41, 5.74) is 23.7. The topological polar surface area (TPSA) is 403 Å². The van der Waals surface area contributed by atoms with Gasteiger partial charge in [-0.05, 0) is 56.6 Å². The maximum atomic E-state index is 13.6. The number of amides is 10. The van der Waals surface area contributed by atoms with Crippen molar-refractivity contribution in [2.45, 2.75) is 114 Å². The van der Waals surface area contributed by atoms with Crippen LogP contribution >= 0.6 is 0 Å². The quantitative estimate of drug-likeness (QED) is 0.0450. The Hall–Kier alpha value is -7.11. The molecule has 1 aliphatic heterocycles. The summed E-state index contributed by atoms with van der Waals surface area (Å²) in [6, 6.07) is -2.16. The Kier molecular flexibility index (Phi) is 19.2. The number of nitrogens with zero attached hydrogens (tertiary/aromatic N) is 1. The minimum Gasteiger partial charge on any atom is -0.481 e. The van der Waals surface area contributed by atoms with Crippen LogP contribution in [0.2, 0.25) is 0 Å². The van der Waals surface area contributed by atoms with E-state index in [4.69, 9.17) is 22.9 Å². The van der Waals surface area contributed by atoms with Gasteiger partial charge in [-0.2, -0.15) is 0 Å². The Morgan fingerprint density at radius 3 is 1.98 bits per heavy atom. The Morgan fingerprint density at radius 2 is 1.36 bits per heavy atom. The van der Waals surface area contributed by atoms with Gasteiger partial charge in [0.2, 0.25) is 59.1 Å². The van der Waals surface area contributed by atoms with E-state index in [9.17, 15) is 57.8 Å². The number of H-pyrrole nitrogens is 1. The Balaban J connectivity index is 1.71. The maximum Gasteiger partial charge on any atom is 0.303 e. The maximum absolute atomic E-state index is 13.6. The fraction of sp³-hybridized carbons (Fsp3) is 0.525. The molecule has 1 aromatic carbocycles. The summed E-state index contributed by atoms with van der Waals surface area (Å²) in [5, 5.41) is 24.4. The summed E-state index contributed by atoms with van der Waals surface area (Å²) in [5.74, 6) is -10.8. The van der Waals surface area contributed by atoms with Gasteiger partial charge in [0.1, 0.15) is 36.3 Å². The van der Waals surface area contributed by atoms with Crippen molar-refractivity contribution in [2.24, 2.45) is 28.9 Å². The van der Waals surface area contributed by atoms with Crippen LogP contribution in [0, 0.1) is 5.92 Å². The van der Waals surface area contributed by atoms with Crippen molar-refractivity contribution in [1.82, 2.24) is 41.8 Å². The van der Waals surface area contributed by atoms with E-state index in [1.54, 1.807) is 20.0 Å². The normalized spacial score (nSPS) is 16.3. The van der Waals surface area contributed by atoms with Crippen LogP contribution < -0.4 is 54.8 Å². The highest BCUT2D eigenvalue weighted by atomic mass is 16.4. The summed E-state index contributed by atoms with van der Waals surface area (Å²) >= 11 is 0. The number of aliphatic carboxylic acids is 1. The molecule has 350 valence electrons. The number of nitrogens with two attached hydrogens (primary N) is 4. The van der Waals surface area contributed by atoms with E-state index in [0.29, 0.717) is 6.42 Å². The highest BCUT2D eigenvalue weighted by Gasteiger charge is 2.39. The number of likely N-dealkylation sites (tertiary alicyclic amines) is 1. The lowest BCUT2D eigenvalue weighted by Gasteiger charge is -2.29. The predicted molar refractivity (Wildman–Crippen MR) is 226 cm³/mol. The molecule has 0 spiro atoms. The van der Waals surface area contributed by atoms with Crippen molar-refractivity contribution in [3.63, 3.8) is 0 Å². The number of nitrogens with one attached hydrogen (secondary N) is 7. The van der Waals surface area contributed by atoms with Gasteiger partial charge in [0.15, 0.2) is 0 Å². The number of aromatic amines is 1. The molecule has 2 heterocycles. The monoisotopic (exact) mass is 898 g/mol. The molecule has 1 saturated heterocycles. The number of primary amides is 3. The molecule has 1 aliphatic rings. The van der Waals surface area contributed by atoms with Crippen molar-refractivity contribution in [3.8, 4) is 0 Å². The average molecular weight is 899 g/mol. The van der Waals surface area contributed by atoms with Gasteiger partial charge in [0.05, 0.1) is 19.0 Å². The number of benzene rings is 1. The van der Waals surface area contributed by atoms with Crippen LogP contribution in [0.4, 0.5) is 0 Å². The third-order valence-corrected chi connectivity index (χ3v) is 10.3. The second-order valence-corrected chi connectivity index (χ2v) is 15.8. The molecule has 24 nitrogen and oxygen atoms in total. The third kappa shape index (κ3) is 15.4. The summed E-state index contributed by atoms with van der Waals surface area (Å²) in [4.78, 5) is 144. The molecule has 7 atom stereocenters. The van der Waals surface area contributed by atoms with Crippen molar-refractivity contribution < 1.29 is 57.8 Å². The van der Waals surface area contributed by atoms with Crippen LogP contribution in [0.1, 0.15) is 71.3 Å². The standard InChI is InChI=1S/C40H58N12O12/c1-19(2)33(39(63)46-18-31(44)55)51-36(60)25(10-12-29(42)53)48-37(61)27(16-30(43)54)50-34(58)20(3)47-35(59)26(11-13-32(56)57)49-38(62)28-9-6-14-52(28)40(64)23(41)15-21-17-45-24-8-5-4-7-22(21)24/h4-5,7-8,17,19-20,23,25-28,33,45H,6,9-16,18,41H2,1-3H3,(H2,42,53)(H2,43,54)(H2,44,55)(H,46,63)(H,47,59)(H,48,61)(H,49,62)(H,50,58)(H,51,60)(H,56,57)/t20-,23-,25-,26-,27-,28-,33-/m0/s1. The molecule has 0 saturated carbocycles. The molecule has 1 aromatic heterocycles. The zero-order valence-corrected chi connectivity index (χ0v) is 35.8. The van der Waals surface area contributed by atoms with Crippen LogP contribution in [-0.2, 0) is 59.2 Å². The van der Waals surface area contributed by atoms with Gasteiger partial charge in [0, 0.05) is 36.5 Å². The molecule has 1 fully saturated rings. The number of rotatable bonds is 25. The first-order valence-electron chi connectivity index (χ1n) is 20.6. The number of fused-ring (bicyclic) bond motifs is 1. The molecule has 16 N–H and O–H groups in total. The number of carbonyl (C=O) groups is 11. The van der Waals surface area contributed by atoms with Gasteiger partial charge < -0.3 is 69.8 Å². The molecule has 0 bridgehead atoms. The number of aromatic nitrogens is 1. The fourth-order valence-corrected chi connectivity index (χ4v) is 6.93. The minimum absolute atomic E-state index is 0.171. The number of hydrogen-bond acceptors (Lipinski definition) is 12. The number of carboxylic acid groups (broad SMARTS) is 1. The Labute approximate surface area is 367 Å². The summed E-state index contributed by atoms with van der Waals surface area (Å²) in [6.45, 7) is 4.00. The highest BCUT2D eigenvalue weighted by Crippen LogP contribution is 2.22. The van der Waals surface area contributed by atoms with E-state index >= 15 is 0 Å². The fourth-order valence-electron chi connectivity index (χ4n) is 6.93. The van der Waals surface area contributed by atoms with Crippen molar-refractivity contribution in [3.05, 3.63) is 36.0 Å². The van der Waals surface area contributed by atoms with E-state index in [1.165, 1.54) is 11.8 Å². The van der Waals surface area contributed by atoms with Crippen LogP contribution in [0.15, 0.2) is 30.5 Å². The van der Waals surface area contributed by atoms with E-state index in [2.05, 4.69) is 36.9 Å². The zero-order valence-electron chi connectivity index (χ0n) is 35.8. The van der Waals surface area contributed by atoms with Gasteiger partial charge >= 0.3 is 5.97 Å². The molecule has 10 amide bonds. The zero-order chi connectivity index (χ0) is 47.8. The molecule has 2 aromatic rings. The van der Waals surface area contributed by atoms with Gasteiger partial charge in [-0.1, -0.05) is 32.0 Å². The lowest BCUT2D eigenvalue weighted by Crippen LogP contribution is -2.60. The molecule has 0 unspecified atom stereocenters. The SMILES string of the molecule is CC(C)[C@H](NC(=O)[C@H](CCC(N)=O)NC(=O)[C@H](CC(N)=O)NC(=O)[C@H](C)NC(=O)[C@H](CCC(=O)O)NC(=O)[C@@H]1CCCN1C(=O)[C@@H](N)Cc1c[nH]c2ccccc12)C(=O)NCC(N)=O. The van der Waals surface area contributed by atoms with Crippen LogP contribution in [0.25, 0.3) is 10.9 Å². The first-order valence-corrected chi connectivity index (χ1v) is 20.6. The first kappa shape index (κ1) is 51.2. The molecule has 3 rings (SSSR count). The van der Waals surface area contributed by atoms with E-state index < -0.39 is 152 Å². The number of carboxylic acids is 1. The lowest BCUT2D eigenvalue weighted by molar-refractivity contribution is -0.141. The lowest BCUT2D eigenvalue weighted by atomic mass is 10.0. The second-order valence-electron chi connectivity index (χ2n) is 15.8. The van der Waals surface area contributed by atoms with Gasteiger partial charge in [0.25, 0.3) is 0 Å². The highest BCUT2D eigenvalue weighted by molar-refractivity contribution is 5.99. The molecule has 0 aliphatic carbocycles. The molecular formula is C40H58N12O12. The third-order valence-electron chi connectivity index (χ3n) is 10.3. The minimum atomic E-state index is -1.76. The van der Waals surface area contributed by atoms with Gasteiger partial charge in [-0.25, -0.2) is 0 Å². The van der Waals surface area contributed by atoms with Crippen LogP contribution in [-0.4, -0.2) is 135 Å². The number of carbonyl (C=O) groups excluding carboxylic acids is 10. The molecular weight excluding hydrogens is 841 g/mol. The van der Waals surface area contributed by atoms with E-state index in [0.717, 1.165) is 16.5 Å². The van der Waals surface area contributed by atoms with Crippen molar-refractivity contribution in [2.75, 3.05) is 13.1 Å². The number of para-hydroxylation sites is 1. The van der Waals surface area contributed by atoms with Crippen LogP contribution in [0.3, 0.4) is 0 Å². The molecule has 24 heteroatoms. The van der Waals surface area contributed by atoms with E-state index in [-0.39, 0.29) is 19.4 Å². The predicted octanol–water partition coefficient (Wildman–Crippen LogP) is -4.26. The van der Waals surface area contributed by atoms with Crippen LogP contribution in [0.5, 0.6) is 0 Å². The summed E-state index contributed by atoms with van der Waals surface area (Å²) in [6.07, 6.45) is -0.0454. The first-order chi connectivity index (χ1) is 30.1. The largest absolute Gasteiger partial charge is 0.481 e. The summed E-state index contributed by atoms with van der Waals surface area (Å²) in [7, 11) is 0. The Morgan fingerprint density at radius 1 is 0.750 bits per heavy atom. The van der Waals surface area contributed by atoms with Gasteiger partial charge in [-0.3, -0.25) is 52.7 Å². The molecule has 64 heavy (non-hydrogen) atoms. The van der Waals surface area contributed by atoms with Crippen molar-refractivity contribution >= 4 is 75.9 Å². The van der Waals surface area contributed by atoms with Gasteiger partial charge in [-0.15, -0.1) is 0 Å². The molecule has 0 radical (unpaired) electrons. The summed E-state index contributed by atoms with van der Waals surface area (Å²) < 4.78 is 0. The van der Waals surface area contributed by atoms with Crippen molar-refractivity contribution in [1.29, 1.82) is 0 Å². The smallest absolute Gasteiger partial charge is 0.303 e. The number of hydrogen-bond donors (Lipinski definition) is 12. The Bertz CT molecular complexity index is 2090. The second kappa shape index (κ2) is 23.9. The van der Waals surface area contributed by atoms with E-state index in [1.807, 2.05) is 24.3 Å². The average Bonchev–Trinajstić information content (AvgIpc) is 3.88.